The van der Waals surface area contributed by atoms with Crippen LogP contribution in [0, 0.1) is 0 Å². The minimum atomic E-state index is 0.780. The van der Waals surface area contributed by atoms with Gasteiger partial charge in [-0.15, -0.1) is 0 Å². The lowest BCUT2D eigenvalue weighted by Gasteiger charge is -2.27. The van der Waals surface area contributed by atoms with Crippen molar-refractivity contribution in [3.8, 4) is 0 Å². The Morgan fingerprint density at radius 1 is 1.19 bits per heavy atom. The summed E-state index contributed by atoms with van der Waals surface area (Å²) in [4.78, 5) is 9.23. The van der Waals surface area contributed by atoms with Crippen molar-refractivity contribution in [3.05, 3.63) is 64.9 Å². The number of fused-ring (bicyclic) bond motifs is 4. The van der Waals surface area contributed by atoms with E-state index in [4.69, 9.17) is 4.99 Å². The number of hydrogen-bond acceptors (Lipinski definition) is 3. The Morgan fingerprint density at radius 2 is 2.05 bits per heavy atom. The van der Waals surface area contributed by atoms with E-state index in [2.05, 4.69) is 66.4 Å². The topological polar surface area (TPSA) is 18.8 Å². The van der Waals surface area contributed by atoms with Crippen molar-refractivity contribution in [2.24, 2.45) is 4.99 Å². The quantitative estimate of drug-likeness (QED) is 0.725. The fourth-order valence-electron chi connectivity index (χ4n) is 3.39. The summed E-state index contributed by atoms with van der Waals surface area (Å²) in [5.74, 6) is 1.04. The molecule has 21 heavy (non-hydrogen) atoms. The molecule has 3 aliphatic rings. The molecule has 0 saturated carbocycles. The number of allylic oxidation sites excluding steroid dienone is 5. The maximum atomic E-state index is 4.77. The van der Waals surface area contributed by atoms with Crippen LogP contribution in [0.5, 0.6) is 0 Å². The summed E-state index contributed by atoms with van der Waals surface area (Å²) in [6.07, 6.45) is 8.71. The lowest BCUT2D eigenvalue weighted by molar-refractivity contribution is 0.613. The number of guanidine groups is 1. The van der Waals surface area contributed by atoms with E-state index in [9.17, 15) is 0 Å². The molecule has 0 amide bonds. The first-order valence-corrected chi connectivity index (χ1v) is 7.43. The number of benzene rings is 1. The van der Waals surface area contributed by atoms with Gasteiger partial charge in [0, 0.05) is 14.1 Å². The minimum Gasteiger partial charge on any atom is -0.348 e. The SMILES string of the molecule is CN(C)C1=NCC2=C3CC=CC=C3Cc3ccccc3N12. The van der Waals surface area contributed by atoms with Crippen LogP contribution >= 0.6 is 0 Å². The summed E-state index contributed by atoms with van der Waals surface area (Å²) >= 11 is 0. The van der Waals surface area contributed by atoms with Crippen molar-refractivity contribution >= 4 is 11.6 Å². The summed E-state index contributed by atoms with van der Waals surface area (Å²) in [6, 6.07) is 8.70. The summed E-state index contributed by atoms with van der Waals surface area (Å²) in [5, 5.41) is 0. The highest BCUT2D eigenvalue weighted by atomic mass is 15.4. The zero-order valence-corrected chi connectivity index (χ0v) is 12.5. The molecule has 2 heterocycles. The van der Waals surface area contributed by atoms with E-state index >= 15 is 0 Å². The Kier molecular flexibility index (Phi) is 2.74. The molecular formula is C18H19N3. The van der Waals surface area contributed by atoms with Crippen LogP contribution in [0.4, 0.5) is 5.69 Å². The van der Waals surface area contributed by atoms with Crippen LogP contribution in [0.25, 0.3) is 0 Å². The van der Waals surface area contributed by atoms with E-state index < -0.39 is 0 Å². The fourth-order valence-corrected chi connectivity index (χ4v) is 3.39. The molecule has 0 N–H and O–H groups in total. The second-order valence-electron chi connectivity index (χ2n) is 5.90. The van der Waals surface area contributed by atoms with Crippen LogP contribution in [0.15, 0.2) is 64.3 Å². The van der Waals surface area contributed by atoms with Crippen molar-refractivity contribution in [2.75, 3.05) is 25.5 Å². The maximum absolute atomic E-state index is 4.77. The number of nitrogens with zero attached hydrogens (tertiary/aromatic N) is 3. The molecule has 3 nitrogen and oxygen atoms in total. The van der Waals surface area contributed by atoms with Crippen LogP contribution in [-0.4, -0.2) is 31.5 Å². The molecule has 0 bridgehead atoms. The molecule has 1 aromatic rings. The van der Waals surface area contributed by atoms with Crippen LogP contribution in [0.2, 0.25) is 0 Å². The molecule has 0 fully saturated rings. The maximum Gasteiger partial charge on any atom is 0.205 e. The molecule has 106 valence electrons. The van der Waals surface area contributed by atoms with Crippen LogP contribution in [-0.2, 0) is 6.42 Å². The first-order valence-electron chi connectivity index (χ1n) is 7.43. The second-order valence-corrected chi connectivity index (χ2v) is 5.90. The predicted molar refractivity (Wildman–Crippen MR) is 87.5 cm³/mol. The van der Waals surface area contributed by atoms with Gasteiger partial charge in [-0.2, -0.15) is 0 Å². The summed E-state index contributed by atoms with van der Waals surface area (Å²) in [7, 11) is 4.13. The number of rotatable bonds is 0. The zero-order valence-electron chi connectivity index (χ0n) is 12.5. The molecule has 0 spiro atoms. The summed E-state index contributed by atoms with van der Waals surface area (Å²) in [6.45, 7) is 0.780. The molecule has 0 unspecified atom stereocenters. The average Bonchev–Trinajstić information content (AvgIpc) is 2.88. The second kappa shape index (κ2) is 4.62. The number of para-hydroxylation sites is 1. The van der Waals surface area contributed by atoms with Gasteiger partial charge in [0.1, 0.15) is 0 Å². The Morgan fingerprint density at radius 3 is 2.90 bits per heavy atom. The smallest absolute Gasteiger partial charge is 0.205 e. The first kappa shape index (κ1) is 12.5. The van der Waals surface area contributed by atoms with Gasteiger partial charge in [-0.1, -0.05) is 36.4 Å². The number of hydrogen-bond donors (Lipinski definition) is 0. The van der Waals surface area contributed by atoms with Crippen molar-refractivity contribution in [1.82, 2.24) is 4.90 Å². The zero-order chi connectivity index (χ0) is 14.4. The predicted octanol–water partition coefficient (Wildman–Crippen LogP) is 3.12. The monoisotopic (exact) mass is 277 g/mol. The van der Waals surface area contributed by atoms with Crippen molar-refractivity contribution < 1.29 is 0 Å². The Labute approximate surface area is 125 Å². The first-order chi connectivity index (χ1) is 10.3. The van der Waals surface area contributed by atoms with E-state index in [1.54, 1.807) is 0 Å². The highest BCUT2D eigenvalue weighted by Gasteiger charge is 2.32. The van der Waals surface area contributed by atoms with Gasteiger partial charge in [0.2, 0.25) is 5.96 Å². The Hall–Kier alpha value is -2.29. The third kappa shape index (κ3) is 1.84. The van der Waals surface area contributed by atoms with Gasteiger partial charge in [-0.25, -0.2) is 4.99 Å². The lowest BCUT2D eigenvalue weighted by atomic mass is 9.92. The van der Waals surface area contributed by atoms with Gasteiger partial charge in [0.15, 0.2) is 0 Å². The third-order valence-electron chi connectivity index (χ3n) is 4.35. The van der Waals surface area contributed by atoms with Crippen LogP contribution < -0.4 is 4.90 Å². The van der Waals surface area contributed by atoms with E-state index in [-0.39, 0.29) is 0 Å². The number of aliphatic imine (C=N–C) groups is 1. The van der Waals surface area contributed by atoms with Gasteiger partial charge >= 0.3 is 0 Å². The van der Waals surface area contributed by atoms with Gasteiger partial charge in [-0.05, 0) is 35.6 Å². The van der Waals surface area contributed by atoms with Crippen molar-refractivity contribution in [1.29, 1.82) is 0 Å². The van der Waals surface area contributed by atoms with Gasteiger partial charge in [0.25, 0.3) is 0 Å². The Balaban J connectivity index is 1.95. The molecule has 3 heteroatoms. The van der Waals surface area contributed by atoms with Gasteiger partial charge < -0.3 is 4.90 Å². The van der Waals surface area contributed by atoms with Crippen molar-refractivity contribution in [3.63, 3.8) is 0 Å². The summed E-state index contributed by atoms with van der Waals surface area (Å²) in [5.41, 5.74) is 6.90. The van der Waals surface area contributed by atoms with Gasteiger partial charge in [-0.3, -0.25) is 4.90 Å². The average molecular weight is 277 g/mol. The van der Waals surface area contributed by atoms with Crippen LogP contribution in [0.3, 0.4) is 0 Å². The molecular weight excluding hydrogens is 258 g/mol. The molecule has 2 aliphatic heterocycles. The molecule has 0 saturated heterocycles. The molecule has 4 rings (SSSR count). The highest BCUT2D eigenvalue weighted by Crippen LogP contribution is 2.39. The Bertz CT molecular complexity index is 720. The largest absolute Gasteiger partial charge is 0.348 e. The standard InChI is InChI=1S/C18H19N3/c1-20(2)18-19-12-17-15-9-5-3-7-13(15)11-14-8-4-6-10-16(14)21(17)18/h3-8,10H,9,11-12H2,1-2H3. The minimum absolute atomic E-state index is 0.780. The molecule has 0 aromatic heterocycles. The molecule has 1 aromatic carbocycles. The van der Waals surface area contributed by atoms with E-state index in [0.717, 1.165) is 25.3 Å². The normalized spacial score (nSPS) is 19.4. The van der Waals surface area contributed by atoms with E-state index in [0.29, 0.717) is 0 Å². The highest BCUT2D eigenvalue weighted by molar-refractivity contribution is 6.02. The molecule has 1 aliphatic carbocycles. The lowest BCUT2D eigenvalue weighted by Crippen LogP contribution is -2.37. The van der Waals surface area contributed by atoms with E-state index in [1.807, 2.05) is 0 Å². The summed E-state index contributed by atoms with van der Waals surface area (Å²) < 4.78 is 0. The molecule has 0 radical (unpaired) electrons. The fraction of sp³-hybridized carbons (Fsp3) is 0.278. The number of anilines is 1. The third-order valence-corrected chi connectivity index (χ3v) is 4.35. The van der Waals surface area contributed by atoms with Crippen molar-refractivity contribution in [2.45, 2.75) is 12.8 Å². The molecule has 0 atom stereocenters. The van der Waals surface area contributed by atoms with E-state index in [1.165, 1.54) is 28.1 Å². The van der Waals surface area contributed by atoms with Gasteiger partial charge in [0.05, 0.1) is 17.9 Å². The van der Waals surface area contributed by atoms with Crippen LogP contribution in [0.1, 0.15) is 12.0 Å².